The van der Waals surface area contributed by atoms with Crippen molar-refractivity contribution in [2.45, 2.75) is 31.9 Å². The number of hydrogen-bond acceptors (Lipinski definition) is 3. The predicted octanol–water partition coefficient (Wildman–Crippen LogP) is 2.74. The smallest absolute Gasteiger partial charge is 0.263 e. The first-order valence-electron chi connectivity index (χ1n) is 6.56. The minimum Gasteiger partial charge on any atom is -0.481 e. The van der Waals surface area contributed by atoms with Gasteiger partial charge in [-0.1, -0.05) is 23.2 Å². The van der Waals surface area contributed by atoms with E-state index in [0.29, 0.717) is 22.3 Å². The van der Waals surface area contributed by atoms with E-state index in [2.05, 4.69) is 0 Å². The van der Waals surface area contributed by atoms with Crippen LogP contribution in [0.2, 0.25) is 10.0 Å². The topological polar surface area (TPSA) is 49.8 Å². The number of carbonyl (C=O) groups excluding carboxylic acids is 1. The van der Waals surface area contributed by atoms with Crippen molar-refractivity contribution in [3.05, 3.63) is 28.2 Å². The molecule has 1 aliphatic rings. The number of hydrogen-bond donors (Lipinski definition) is 1. The van der Waals surface area contributed by atoms with Crippen molar-refractivity contribution in [2.24, 2.45) is 0 Å². The molecule has 1 saturated carbocycles. The molecule has 110 valence electrons. The van der Waals surface area contributed by atoms with Gasteiger partial charge in [0.25, 0.3) is 5.91 Å². The molecule has 0 spiro atoms. The van der Waals surface area contributed by atoms with Crippen molar-refractivity contribution in [1.82, 2.24) is 4.90 Å². The molecule has 6 heteroatoms. The number of ether oxygens (including phenoxy) is 1. The van der Waals surface area contributed by atoms with Crippen molar-refractivity contribution in [2.75, 3.05) is 13.2 Å². The molecule has 4 nitrogen and oxygen atoms in total. The van der Waals surface area contributed by atoms with Gasteiger partial charge < -0.3 is 14.7 Å². The largest absolute Gasteiger partial charge is 0.481 e. The molecule has 0 aliphatic heterocycles. The highest BCUT2D eigenvalue weighted by Gasteiger charge is 2.34. The molecule has 2 rings (SSSR count). The Kier molecular flexibility index (Phi) is 5.13. The van der Waals surface area contributed by atoms with E-state index in [1.54, 1.807) is 30.0 Å². The zero-order valence-electron chi connectivity index (χ0n) is 11.2. The van der Waals surface area contributed by atoms with Crippen LogP contribution in [0.15, 0.2) is 18.2 Å². The zero-order chi connectivity index (χ0) is 14.7. The standard InChI is InChI=1S/C14H17Cl2NO3/c1-9(14(19)17(6-7-18)10-2-3-10)20-11-4-5-12(15)13(16)8-11/h4-5,8-10,18H,2-3,6-7H2,1H3. The Morgan fingerprint density at radius 1 is 1.45 bits per heavy atom. The van der Waals surface area contributed by atoms with Gasteiger partial charge in [0.05, 0.1) is 16.7 Å². The Hall–Kier alpha value is -0.970. The van der Waals surface area contributed by atoms with Gasteiger partial charge in [0.1, 0.15) is 5.75 Å². The van der Waals surface area contributed by atoms with Crippen molar-refractivity contribution in [1.29, 1.82) is 0 Å². The van der Waals surface area contributed by atoms with E-state index >= 15 is 0 Å². The minimum atomic E-state index is -0.626. The molecule has 0 bridgehead atoms. The summed E-state index contributed by atoms with van der Waals surface area (Å²) >= 11 is 11.7. The molecule has 1 aliphatic carbocycles. The first-order chi connectivity index (χ1) is 9.52. The van der Waals surface area contributed by atoms with Crippen LogP contribution in [0.5, 0.6) is 5.75 Å². The van der Waals surface area contributed by atoms with E-state index in [1.807, 2.05) is 0 Å². The van der Waals surface area contributed by atoms with Crippen LogP contribution in [-0.2, 0) is 4.79 Å². The van der Waals surface area contributed by atoms with Gasteiger partial charge in [0.2, 0.25) is 0 Å². The molecule has 1 amide bonds. The maximum atomic E-state index is 12.3. The second-order valence-electron chi connectivity index (χ2n) is 4.82. The summed E-state index contributed by atoms with van der Waals surface area (Å²) in [5.41, 5.74) is 0. The summed E-state index contributed by atoms with van der Waals surface area (Å²) in [6.45, 7) is 2.00. The van der Waals surface area contributed by atoms with E-state index in [-0.39, 0.29) is 18.6 Å². The molecule has 1 aromatic carbocycles. The lowest BCUT2D eigenvalue weighted by molar-refractivity contribution is -0.139. The first kappa shape index (κ1) is 15.4. The van der Waals surface area contributed by atoms with Crippen LogP contribution in [0.25, 0.3) is 0 Å². The Morgan fingerprint density at radius 3 is 2.70 bits per heavy atom. The first-order valence-corrected chi connectivity index (χ1v) is 7.31. The highest BCUT2D eigenvalue weighted by Crippen LogP contribution is 2.29. The van der Waals surface area contributed by atoms with E-state index in [4.69, 9.17) is 33.0 Å². The molecule has 20 heavy (non-hydrogen) atoms. The summed E-state index contributed by atoms with van der Waals surface area (Å²) < 4.78 is 5.60. The van der Waals surface area contributed by atoms with Crippen LogP contribution in [0, 0.1) is 0 Å². The van der Waals surface area contributed by atoms with Gasteiger partial charge in [0.15, 0.2) is 6.10 Å². The second-order valence-corrected chi connectivity index (χ2v) is 5.64. The van der Waals surface area contributed by atoms with Crippen LogP contribution < -0.4 is 4.74 Å². The number of amides is 1. The minimum absolute atomic E-state index is 0.0399. The van der Waals surface area contributed by atoms with Crippen molar-refractivity contribution in [3.63, 3.8) is 0 Å². The van der Waals surface area contributed by atoms with Crippen LogP contribution in [0.1, 0.15) is 19.8 Å². The average Bonchev–Trinajstić information content (AvgIpc) is 3.24. The summed E-state index contributed by atoms with van der Waals surface area (Å²) in [6.07, 6.45) is 1.36. The zero-order valence-corrected chi connectivity index (χ0v) is 12.7. The molecule has 1 fully saturated rings. The van der Waals surface area contributed by atoms with Gasteiger partial charge >= 0.3 is 0 Å². The van der Waals surface area contributed by atoms with Gasteiger partial charge in [0, 0.05) is 18.7 Å². The fraction of sp³-hybridized carbons (Fsp3) is 0.500. The fourth-order valence-electron chi connectivity index (χ4n) is 2.00. The van der Waals surface area contributed by atoms with Crippen LogP contribution in [0.3, 0.4) is 0 Å². The van der Waals surface area contributed by atoms with E-state index in [9.17, 15) is 4.79 Å². The van der Waals surface area contributed by atoms with Gasteiger partial charge in [-0.15, -0.1) is 0 Å². The van der Waals surface area contributed by atoms with E-state index in [0.717, 1.165) is 12.8 Å². The maximum Gasteiger partial charge on any atom is 0.263 e. The Labute approximate surface area is 128 Å². The molecule has 1 N–H and O–H groups in total. The summed E-state index contributed by atoms with van der Waals surface area (Å²) in [6, 6.07) is 5.13. The Bertz CT molecular complexity index is 491. The third-order valence-electron chi connectivity index (χ3n) is 3.16. The second kappa shape index (κ2) is 6.66. The lowest BCUT2D eigenvalue weighted by atomic mass is 10.3. The van der Waals surface area contributed by atoms with Crippen LogP contribution in [-0.4, -0.2) is 41.2 Å². The normalized spacial score (nSPS) is 15.8. The Balaban J connectivity index is 2.00. The van der Waals surface area contributed by atoms with Gasteiger partial charge in [-0.25, -0.2) is 0 Å². The summed E-state index contributed by atoms with van der Waals surface area (Å²) in [4.78, 5) is 14.0. The highest BCUT2D eigenvalue weighted by atomic mass is 35.5. The number of rotatable bonds is 6. The van der Waals surface area contributed by atoms with Crippen molar-refractivity contribution >= 4 is 29.1 Å². The lowest BCUT2D eigenvalue weighted by Crippen LogP contribution is -2.43. The molecule has 0 heterocycles. The van der Waals surface area contributed by atoms with Crippen LogP contribution in [0.4, 0.5) is 0 Å². The molecular formula is C14H17Cl2NO3. The van der Waals surface area contributed by atoms with Crippen molar-refractivity contribution in [3.8, 4) is 5.75 Å². The van der Waals surface area contributed by atoms with Gasteiger partial charge in [-0.3, -0.25) is 4.79 Å². The summed E-state index contributed by atoms with van der Waals surface area (Å²) in [7, 11) is 0. The number of nitrogens with zero attached hydrogens (tertiary/aromatic N) is 1. The lowest BCUT2D eigenvalue weighted by Gasteiger charge is -2.25. The molecule has 0 saturated heterocycles. The summed E-state index contributed by atoms with van der Waals surface area (Å²) in [5.74, 6) is 0.382. The number of aliphatic hydroxyl groups excluding tert-OH is 1. The summed E-state index contributed by atoms with van der Waals surface area (Å²) in [5, 5.41) is 9.86. The molecule has 1 atom stereocenters. The van der Waals surface area contributed by atoms with Crippen molar-refractivity contribution < 1.29 is 14.6 Å². The number of halogens is 2. The fourth-order valence-corrected chi connectivity index (χ4v) is 2.29. The SMILES string of the molecule is CC(Oc1ccc(Cl)c(Cl)c1)C(=O)N(CCO)C1CC1. The molecule has 0 radical (unpaired) electrons. The highest BCUT2D eigenvalue weighted by molar-refractivity contribution is 6.42. The molecule has 1 unspecified atom stereocenters. The number of benzene rings is 1. The monoisotopic (exact) mass is 317 g/mol. The Morgan fingerprint density at radius 2 is 2.15 bits per heavy atom. The van der Waals surface area contributed by atoms with Crippen LogP contribution >= 0.6 is 23.2 Å². The third-order valence-corrected chi connectivity index (χ3v) is 3.90. The van der Waals surface area contributed by atoms with Gasteiger partial charge in [-0.05, 0) is 31.9 Å². The predicted molar refractivity (Wildman–Crippen MR) is 78.4 cm³/mol. The maximum absolute atomic E-state index is 12.3. The number of aliphatic hydroxyl groups is 1. The average molecular weight is 318 g/mol. The quantitative estimate of drug-likeness (QED) is 0.877. The van der Waals surface area contributed by atoms with Gasteiger partial charge in [-0.2, -0.15) is 0 Å². The molecular weight excluding hydrogens is 301 g/mol. The third kappa shape index (κ3) is 3.78. The van der Waals surface area contributed by atoms with E-state index in [1.165, 1.54) is 0 Å². The number of carbonyl (C=O) groups is 1. The van der Waals surface area contributed by atoms with E-state index < -0.39 is 6.10 Å². The molecule has 1 aromatic rings. The molecule has 0 aromatic heterocycles.